The number of aromatic nitrogens is 4. The zero-order chi connectivity index (χ0) is 15.8. The van der Waals surface area contributed by atoms with Gasteiger partial charge in [0, 0.05) is 37.9 Å². The Morgan fingerprint density at radius 1 is 1.17 bits per heavy atom. The van der Waals surface area contributed by atoms with E-state index in [2.05, 4.69) is 29.7 Å². The second kappa shape index (κ2) is 5.42. The van der Waals surface area contributed by atoms with Gasteiger partial charge < -0.3 is 9.80 Å². The molecule has 116 valence electrons. The van der Waals surface area contributed by atoms with Gasteiger partial charge in [0.1, 0.15) is 23.8 Å². The summed E-state index contributed by atoms with van der Waals surface area (Å²) in [7, 11) is 1.98. The highest BCUT2D eigenvalue weighted by molar-refractivity contribution is 5.89. The molecule has 1 aliphatic heterocycles. The molecule has 0 atom stereocenters. The molecule has 3 aromatic rings. The molecule has 0 spiro atoms. The SMILES string of the molecule is CN(c1ncnc2ccc(F)cc12)C1CN(c2cnccn2)C1. The van der Waals surface area contributed by atoms with Crippen molar-refractivity contribution >= 4 is 22.5 Å². The highest BCUT2D eigenvalue weighted by Gasteiger charge is 2.32. The first-order valence-electron chi connectivity index (χ1n) is 7.36. The number of hydrogen-bond acceptors (Lipinski definition) is 6. The van der Waals surface area contributed by atoms with Gasteiger partial charge in [-0.1, -0.05) is 0 Å². The van der Waals surface area contributed by atoms with Crippen LogP contribution in [-0.4, -0.2) is 46.1 Å². The van der Waals surface area contributed by atoms with Crippen molar-refractivity contribution in [2.24, 2.45) is 0 Å². The smallest absolute Gasteiger partial charge is 0.147 e. The summed E-state index contributed by atoms with van der Waals surface area (Å²) in [5, 5.41) is 0.730. The molecule has 0 N–H and O–H groups in total. The summed E-state index contributed by atoms with van der Waals surface area (Å²) >= 11 is 0. The average molecular weight is 310 g/mol. The van der Waals surface area contributed by atoms with Crippen LogP contribution in [0.2, 0.25) is 0 Å². The Kier molecular flexibility index (Phi) is 3.25. The Bertz CT molecular complexity index is 834. The molecule has 4 rings (SSSR count). The van der Waals surface area contributed by atoms with Crippen molar-refractivity contribution in [1.82, 2.24) is 19.9 Å². The first kappa shape index (κ1) is 13.8. The van der Waals surface area contributed by atoms with E-state index in [0.29, 0.717) is 6.04 Å². The number of halogens is 1. The van der Waals surface area contributed by atoms with E-state index in [1.807, 2.05) is 7.05 Å². The van der Waals surface area contributed by atoms with E-state index in [0.717, 1.165) is 35.6 Å². The van der Waals surface area contributed by atoms with E-state index < -0.39 is 0 Å². The van der Waals surface area contributed by atoms with Crippen LogP contribution in [0.15, 0.2) is 43.1 Å². The molecule has 6 nitrogen and oxygen atoms in total. The third kappa shape index (κ3) is 2.44. The van der Waals surface area contributed by atoms with Crippen LogP contribution >= 0.6 is 0 Å². The monoisotopic (exact) mass is 310 g/mol. The molecule has 1 aromatic carbocycles. The van der Waals surface area contributed by atoms with Gasteiger partial charge in [-0.15, -0.1) is 0 Å². The standard InChI is InChI=1S/C16H15FN6/c1-22(12-8-23(9-12)15-7-18-4-5-19-15)16-13-6-11(17)2-3-14(13)20-10-21-16/h2-7,10,12H,8-9H2,1H3. The lowest BCUT2D eigenvalue weighted by atomic mass is 10.1. The van der Waals surface area contributed by atoms with E-state index in [1.54, 1.807) is 24.7 Å². The van der Waals surface area contributed by atoms with Crippen LogP contribution in [0.5, 0.6) is 0 Å². The number of fused-ring (bicyclic) bond motifs is 1. The van der Waals surface area contributed by atoms with Crippen molar-refractivity contribution in [3.63, 3.8) is 0 Å². The summed E-state index contributed by atoms with van der Waals surface area (Å²) < 4.78 is 13.6. The van der Waals surface area contributed by atoms with E-state index in [-0.39, 0.29) is 5.82 Å². The van der Waals surface area contributed by atoms with Crippen LogP contribution < -0.4 is 9.80 Å². The summed E-state index contributed by atoms with van der Waals surface area (Å²) in [6.07, 6.45) is 6.62. The van der Waals surface area contributed by atoms with E-state index in [1.165, 1.54) is 18.5 Å². The predicted octanol–water partition coefficient (Wildman–Crippen LogP) is 1.88. The third-order valence-electron chi connectivity index (χ3n) is 4.19. The maximum Gasteiger partial charge on any atom is 0.147 e. The van der Waals surface area contributed by atoms with Crippen molar-refractivity contribution in [3.8, 4) is 0 Å². The Balaban J connectivity index is 1.57. The fourth-order valence-electron chi connectivity index (χ4n) is 2.81. The van der Waals surface area contributed by atoms with Crippen LogP contribution in [0.3, 0.4) is 0 Å². The molecule has 7 heteroatoms. The van der Waals surface area contributed by atoms with E-state index >= 15 is 0 Å². The summed E-state index contributed by atoms with van der Waals surface area (Å²) in [4.78, 5) is 21.2. The Hall–Kier alpha value is -2.83. The zero-order valence-electron chi connectivity index (χ0n) is 12.6. The Morgan fingerprint density at radius 3 is 2.83 bits per heavy atom. The maximum absolute atomic E-state index is 13.6. The number of hydrogen-bond donors (Lipinski definition) is 0. The van der Waals surface area contributed by atoms with Crippen LogP contribution in [0.1, 0.15) is 0 Å². The predicted molar refractivity (Wildman–Crippen MR) is 85.9 cm³/mol. The summed E-state index contributed by atoms with van der Waals surface area (Å²) in [5.74, 6) is 1.34. The van der Waals surface area contributed by atoms with Crippen molar-refractivity contribution in [2.45, 2.75) is 6.04 Å². The lowest BCUT2D eigenvalue weighted by Gasteiger charge is -2.45. The van der Waals surface area contributed by atoms with Gasteiger partial charge in [0.05, 0.1) is 17.8 Å². The van der Waals surface area contributed by atoms with Crippen molar-refractivity contribution in [3.05, 3.63) is 48.9 Å². The molecule has 0 saturated carbocycles. The average Bonchev–Trinajstić information content (AvgIpc) is 2.53. The molecular weight excluding hydrogens is 295 g/mol. The number of benzene rings is 1. The number of likely N-dealkylation sites (N-methyl/N-ethyl adjacent to an activating group) is 1. The second-order valence-corrected chi connectivity index (χ2v) is 5.59. The molecule has 0 unspecified atom stereocenters. The largest absolute Gasteiger partial charge is 0.353 e. The van der Waals surface area contributed by atoms with Crippen LogP contribution in [-0.2, 0) is 0 Å². The molecule has 23 heavy (non-hydrogen) atoms. The number of anilines is 2. The van der Waals surface area contributed by atoms with Gasteiger partial charge in [0.15, 0.2) is 0 Å². The second-order valence-electron chi connectivity index (χ2n) is 5.59. The fourth-order valence-corrected chi connectivity index (χ4v) is 2.81. The normalized spacial score (nSPS) is 14.8. The van der Waals surface area contributed by atoms with Gasteiger partial charge in [0.25, 0.3) is 0 Å². The molecule has 1 fully saturated rings. The topological polar surface area (TPSA) is 58.0 Å². The quantitative estimate of drug-likeness (QED) is 0.736. The minimum Gasteiger partial charge on any atom is -0.353 e. The molecular formula is C16H15FN6. The summed E-state index contributed by atoms with van der Waals surface area (Å²) in [6.45, 7) is 1.66. The minimum absolute atomic E-state index is 0.281. The molecule has 0 bridgehead atoms. The lowest BCUT2D eigenvalue weighted by Crippen LogP contribution is -2.59. The van der Waals surface area contributed by atoms with Crippen LogP contribution in [0.25, 0.3) is 10.9 Å². The first-order chi connectivity index (χ1) is 11.2. The zero-order valence-corrected chi connectivity index (χ0v) is 12.6. The molecule has 1 saturated heterocycles. The first-order valence-corrected chi connectivity index (χ1v) is 7.36. The lowest BCUT2D eigenvalue weighted by molar-refractivity contribution is 0.489. The highest BCUT2D eigenvalue weighted by atomic mass is 19.1. The van der Waals surface area contributed by atoms with E-state index in [4.69, 9.17) is 0 Å². The molecule has 0 radical (unpaired) electrons. The fraction of sp³-hybridized carbons (Fsp3) is 0.250. The minimum atomic E-state index is -0.281. The molecule has 0 aliphatic carbocycles. The van der Waals surface area contributed by atoms with Crippen molar-refractivity contribution in [2.75, 3.05) is 29.9 Å². The van der Waals surface area contributed by atoms with Crippen LogP contribution in [0.4, 0.5) is 16.0 Å². The van der Waals surface area contributed by atoms with Gasteiger partial charge in [0.2, 0.25) is 0 Å². The van der Waals surface area contributed by atoms with Gasteiger partial charge in [-0.2, -0.15) is 0 Å². The van der Waals surface area contributed by atoms with Crippen LogP contribution in [0, 0.1) is 5.82 Å². The highest BCUT2D eigenvalue weighted by Crippen LogP contribution is 2.28. The Labute approximate surface area is 132 Å². The molecule has 1 aliphatic rings. The van der Waals surface area contributed by atoms with E-state index in [9.17, 15) is 4.39 Å². The van der Waals surface area contributed by atoms with Gasteiger partial charge in [-0.05, 0) is 18.2 Å². The summed E-state index contributed by atoms with van der Waals surface area (Å²) in [6, 6.07) is 4.87. The third-order valence-corrected chi connectivity index (χ3v) is 4.19. The van der Waals surface area contributed by atoms with Crippen molar-refractivity contribution < 1.29 is 4.39 Å². The van der Waals surface area contributed by atoms with Gasteiger partial charge >= 0.3 is 0 Å². The Morgan fingerprint density at radius 2 is 2.04 bits per heavy atom. The number of nitrogens with zero attached hydrogens (tertiary/aromatic N) is 6. The van der Waals surface area contributed by atoms with Gasteiger partial charge in [-0.3, -0.25) is 4.98 Å². The molecule has 2 aromatic heterocycles. The van der Waals surface area contributed by atoms with Crippen molar-refractivity contribution in [1.29, 1.82) is 0 Å². The maximum atomic E-state index is 13.6. The van der Waals surface area contributed by atoms with Gasteiger partial charge in [-0.25, -0.2) is 19.3 Å². The molecule has 3 heterocycles. The number of rotatable bonds is 3. The molecule has 0 amide bonds. The summed E-state index contributed by atoms with van der Waals surface area (Å²) in [5.41, 5.74) is 0.744.